The Morgan fingerprint density at radius 1 is 1.48 bits per heavy atom. The summed E-state index contributed by atoms with van der Waals surface area (Å²) in [6, 6.07) is 1.56. The number of halogens is 1. The standard InChI is InChI=1S/C18H24FN5O3/c1-18(2,26)10-24-9-12(7-23-24)11-5-13(16(20)25)17(22-6-11)27-15-3-4-21-8-14(15)19/h5-7,9,14-15,21,26H,3-4,8,10H2,1-2H3,(H2,20,25)/t14-,15?/m0/s1. The average molecular weight is 377 g/mol. The summed E-state index contributed by atoms with van der Waals surface area (Å²) in [7, 11) is 0. The van der Waals surface area contributed by atoms with Gasteiger partial charge in [-0.15, -0.1) is 0 Å². The van der Waals surface area contributed by atoms with Gasteiger partial charge < -0.3 is 20.9 Å². The van der Waals surface area contributed by atoms with Gasteiger partial charge in [-0.05, 0) is 32.9 Å². The van der Waals surface area contributed by atoms with Crippen molar-refractivity contribution < 1.29 is 19.0 Å². The van der Waals surface area contributed by atoms with Gasteiger partial charge in [-0.25, -0.2) is 9.37 Å². The number of alkyl halides is 1. The largest absolute Gasteiger partial charge is 0.471 e. The van der Waals surface area contributed by atoms with E-state index >= 15 is 0 Å². The molecule has 3 rings (SSSR count). The minimum Gasteiger partial charge on any atom is -0.471 e. The molecule has 0 bridgehead atoms. The highest BCUT2D eigenvalue weighted by atomic mass is 19.1. The van der Waals surface area contributed by atoms with E-state index < -0.39 is 23.8 Å². The van der Waals surface area contributed by atoms with Crippen molar-refractivity contribution in [1.29, 1.82) is 0 Å². The fraction of sp³-hybridized carbons (Fsp3) is 0.500. The first-order valence-electron chi connectivity index (χ1n) is 8.79. The number of carbonyl (C=O) groups is 1. The number of rotatable bonds is 6. The molecular formula is C18H24FN5O3. The van der Waals surface area contributed by atoms with Crippen molar-refractivity contribution in [3.8, 4) is 17.0 Å². The predicted octanol–water partition coefficient (Wildman–Crippen LogP) is 0.894. The molecule has 1 amide bonds. The number of nitrogens with zero attached hydrogens (tertiary/aromatic N) is 3. The smallest absolute Gasteiger partial charge is 0.254 e. The number of hydrogen-bond acceptors (Lipinski definition) is 6. The van der Waals surface area contributed by atoms with Crippen molar-refractivity contribution in [2.24, 2.45) is 5.73 Å². The van der Waals surface area contributed by atoms with Crippen LogP contribution in [0.25, 0.3) is 11.1 Å². The lowest BCUT2D eigenvalue weighted by Crippen LogP contribution is -2.44. The van der Waals surface area contributed by atoms with Crippen LogP contribution in [0.5, 0.6) is 5.88 Å². The monoisotopic (exact) mass is 377 g/mol. The van der Waals surface area contributed by atoms with Gasteiger partial charge in [-0.3, -0.25) is 9.48 Å². The minimum absolute atomic E-state index is 0.0321. The molecule has 1 fully saturated rings. The zero-order valence-corrected chi connectivity index (χ0v) is 15.4. The summed E-state index contributed by atoms with van der Waals surface area (Å²) >= 11 is 0. The number of hydrogen-bond donors (Lipinski definition) is 3. The first-order chi connectivity index (χ1) is 12.7. The van der Waals surface area contributed by atoms with E-state index in [1.54, 1.807) is 37.0 Å². The van der Waals surface area contributed by atoms with Gasteiger partial charge in [-0.1, -0.05) is 0 Å². The van der Waals surface area contributed by atoms with E-state index in [0.717, 1.165) is 0 Å². The summed E-state index contributed by atoms with van der Waals surface area (Å²) in [5.74, 6) is -0.669. The normalized spacial score (nSPS) is 20.4. The Morgan fingerprint density at radius 2 is 2.26 bits per heavy atom. The summed E-state index contributed by atoms with van der Waals surface area (Å²) in [4.78, 5) is 16.1. The lowest BCUT2D eigenvalue weighted by Gasteiger charge is -2.27. The fourth-order valence-corrected chi connectivity index (χ4v) is 2.95. The highest BCUT2D eigenvalue weighted by Crippen LogP contribution is 2.26. The Balaban J connectivity index is 1.84. The Morgan fingerprint density at radius 3 is 2.93 bits per heavy atom. The first-order valence-corrected chi connectivity index (χ1v) is 8.79. The van der Waals surface area contributed by atoms with Gasteiger partial charge in [0.15, 0.2) is 0 Å². The molecule has 0 saturated carbocycles. The molecule has 2 atom stereocenters. The predicted molar refractivity (Wildman–Crippen MR) is 97.1 cm³/mol. The maximum absolute atomic E-state index is 14.0. The van der Waals surface area contributed by atoms with E-state index in [9.17, 15) is 14.3 Å². The van der Waals surface area contributed by atoms with Gasteiger partial charge in [0.2, 0.25) is 5.88 Å². The molecule has 27 heavy (non-hydrogen) atoms. The summed E-state index contributed by atoms with van der Waals surface area (Å²) in [5, 5.41) is 17.0. The number of aliphatic hydroxyl groups is 1. The molecular weight excluding hydrogens is 353 g/mol. The van der Waals surface area contributed by atoms with Crippen LogP contribution in [0.15, 0.2) is 24.7 Å². The molecule has 0 spiro atoms. The summed E-state index contributed by atoms with van der Waals surface area (Å²) in [5.41, 5.74) is 5.99. The Labute approximate surface area is 156 Å². The molecule has 1 saturated heterocycles. The van der Waals surface area contributed by atoms with Crippen molar-refractivity contribution in [2.45, 2.75) is 44.7 Å². The van der Waals surface area contributed by atoms with Gasteiger partial charge in [0.25, 0.3) is 5.91 Å². The number of aromatic nitrogens is 3. The molecule has 3 heterocycles. The van der Waals surface area contributed by atoms with Crippen LogP contribution in [0.4, 0.5) is 4.39 Å². The molecule has 8 nitrogen and oxygen atoms in total. The maximum Gasteiger partial charge on any atom is 0.254 e. The highest BCUT2D eigenvalue weighted by molar-refractivity contribution is 5.96. The van der Waals surface area contributed by atoms with Crippen LogP contribution in [0, 0.1) is 0 Å². The molecule has 146 valence electrons. The highest BCUT2D eigenvalue weighted by Gasteiger charge is 2.28. The third-order valence-electron chi connectivity index (χ3n) is 4.24. The van der Waals surface area contributed by atoms with E-state index in [4.69, 9.17) is 10.5 Å². The number of nitrogens with one attached hydrogen (secondary N) is 1. The molecule has 0 aromatic carbocycles. The van der Waals surface area contributed by atoms with Crippen LogP contribution in [0.1, 0.15) is 30.6 Å². The van der Waals surface area contributed by atoms with Crippen LogP contribution in [-0.2, 0) is 6.54 Å². The van der Waals surface area contributed by atoms with E-state index in [0.29, 0.717) is 30.6 Å². The van der Waals surface area contributed by atoms with Crippen molar-refractivity contribution in [1.82, 2.24) is 20.1 Å². The Bertz CT molecular complexity index is 818. The number of amides is 1. The molecule has 2 aromatic rings. The van der Waals surface area contributed by atoms with Crippen LogP contribution in [0.3, 0.4) is 0 Å². The van der Waals surface area contributed by atoms with Gasteiger partial charge in [0, 0.05) is 30.1 Å². The molecule has 9 heteroatoms. The zero-order chi connectivity index (χ0) is 19.6. The van der Waals surface area contributed by atoms with E-state index in [2.05, 4.69) is 15.4 Å². The zero-order valence-electron chi connectivity index (χ0n) is 15.4. The van der Waals surface area contributed by atoms with Crippen LogP contribution in [0.2, 0.25) is 0 Å². The fourth-order valence-electron chi connectivity index (χ4n) is 2.95. The van der Waals surface area contributed by atoms with E-state index in [1.165, 1.54) is 6.20 Å². The van der Waals surface area contributed by atoms with Crippen molar-refractivity contribution >= 4 is 5.91 Å². The Kier molecular flexibility index (Phi) is 5.43. The van der Waals surface area contributed by atoms with Crippen LogP contribution in [-0.4, -0.2) is 56.7 Å². The second-order valence-electron chi connectivity index (χ2n) is 7.35. The van der Waals surface area contributed by atoms with E-state index in [1.807, 2.05) is 0 Å². The first kappa shape index (κ1) is 19.2. The third kappa shape index (κ3) is 4.81. The molecule has 2 aromatic heterocycles. The summed E-state index contributed by atoms with van der Waals surface area (Å²) in [6.07, 6.45) is 3.51. The topological polar surface area (TPSA) is 115 Å². The van der Waals surface area contributed by atoms with Gasteiger partial charge in [0.05, 0.1) is 18.3 Å². The van der Waals surface area contributed by atoms with Gasteiger partial charge in [0.1, 0.15) is 17.8 Å². The van der Waals surface area contributed by atoms with E-state index in [-0.39, 0.29) is 18.0 Å². The Hall–Kier alpha value is -2.52. The second kappa shape index (κ2) is 7.61. The third-order valence-corrected chi connectivity index (χ3v) is 4.24. The lowest BCUT2D eigenvalue weighted by atomic mass is 10.1. The second-order valence-corrected chi connectivity index (χ2v) is 7.35. The lowest BCUT2D eigenvalue weighted by molar-refractivity contribution is 0.0577. The number of primary amides is 1. The number of ether oxygens (including phenoxy) is 1. The summed E-state index contributed by atoms with van der Waals surface area (Å²) in [6.45, 7) is 4.53. The molecule has 1 aliphatic rings. The average Bonchev–Trinajstić information content (AvgIpc) is 3.03. The number of carbonyl (C=O) groups excluding carboxylic acids is 1. The summed E-state index contributed by atoms with van der Waals surface area (Å²) < 4.78 is 21.2. The SMILES string of the molecule is CC(C)(O)Cn1cc(-c2cnc(OC3CCNC[C@@H]3F)c(C(N)=O)c2)cn1. The van der Waals surface area contributed by atoms with Crippen molar-refractivity contribution in [2.75, 3.05) is 13.1 Å². The number of piperidine rings is 1. The maximum atomic E-state index is 14.0. The molecule has 4 N–H and O–H groups in total. The van der Waals surface area contributed by atoms with Gasteiger partial charge >= 0.3 is 0 Å². The van der Waals surface area contributed by atoms with Crippen molar-refractivity contribution in [3.63, 3.8) is 0 Å². The molecule has 0 aliphatic carbocycles. The quantitative estimate of drug-likeness (QED) is 0.689. The van der Waals surface area contributed by atoms with Crippen LogP contribution < -0.4 is 15.8 Å². The molecule has 1 aliphatic heterocycles. The molecule has 0 radical (unpaired) electrons. The van der Waals surface area contributed by atoms with Crippen molar-refractivity contribution in [3.05, 3.63) is 30.2 Å². The molecule has 1 unspecified atom stereocenters. The van der Waals surface area contributed by atoms with Gasteiger partial charge in [-0.2, -0.15) is 5.10 Å². The number of nitrogens with two attached hydrogens (primary N) is 1. The minimum atomic E-state index is -1.18. The van der Waals surface area contributed by atoms with Crippen LogP contribution >= 0.6 is 0 Å². The number of pyridine rings is 1.